The largest absolute Gasteiger partial charge is 0.494 e. The molecule has 0 saturated carbocycles. The van der Waals surface area contributed by atoms with E-state index in [9.17, 15) is 4.79 Å². The lowest BCUT2D eigenvalue weighted by molar-refractivity contribution is -0.117. The van der Waals surface area contributed by atoms with E-state index < -0.39 is 0 Å². The van der Waals surface area contributed by atoms with E-state index in [2.05, 4.69) is 10.6 Å². The highest BCUT2D eigenvalue weighted by molar-refractivity contribution is 6.30. The molecule has 5 nitrogen and oxygen atoms in total. The molecule has 3 aromatic carbocycles. The molecule has 1 saturated heterocycles. The predicted molar refractivity (Wildman–Crippen MR) is 132 cm³/mol. The molecule has 4 aromatic rings. The lowest BCUT2D eigenvalue weighted by atomic mass is 10.1. The van der Waals surface area contributed by atoms with Crippen molar-refractivity contribution in [1.29, 1.82) is 0 Å². The number of aryl methyl sites for hydroxylation is 1. The molecular weight excluding hydrogens is 434 g/mol. The van der Waals surface area contributed by atoms with E-state index in [4.69, 9.17) is 21.3 Å². The summed E-state index contributed by atoms with van der Waals surface area (Å²) >= 11 is 6.16. The third-order valence-corrected chi connectivity index (χ3v) is 6.32. The number of halogens is 1. The summed E-state index contributed by atoms with van der Waals surface area (Å²) in [4.78, 5) is 19.6. The van der Waals surface area contributed by atoms with Gasteiger partial charge in [0.15, 0.2) is 0 Å². The number of hydrogen-bond donors (Lipinski definition) is 0. The number of ether oxygens (including phenoxy) is 1. The van der Waals surface area contributed by atoms with E-state index in [1.54, 1.807) is 0 Å². The highest BCUT2D eigenvalue weighted by atomic mass is 35.5. The van der Waals surface area contributed by atoms with E-state index >= 15 is 0 Å². The SMILES string of the molecule is O=C1C[C@@H](c2nc3ccccc3n2CCCCOc2ccccc2)CN1c1cccc(Cl)c1. The van der Waals surface area contributed by atoms with Crippen molar-refractivity contribution in [3.05, 3.63) is 89.7 Å². The minimum Gasteiger partial charge on any atom is -0.494 e. The molecule has 33 heavy (non-hydrogen) atoms. The molecule has 2 heterocycles. The molecule has 0 unspecified atom stereocenters. The van der Waals surface area contributed by atoms with Crippen molar-refractivity contribution in [2.75, 3.05) is 18.1 Å². The van der Waals surface area contributed by atoms with Crippen molar-refractivity contribution in [2.45, 2.75) is 31.7 Å². The summed E-state index contributed by atoms with van der Waals surface area (Å²) in [5.74, 6) is 2.04. The van der Waals surface area contributed by atoms with Gasteiger partial charge in [0.2, 0.25) is 5.91 Å². The molecule has 168 valence electrons. The zero-order valence-corrected chi connectivity index (χ0v) is 19.1. The number of anilines is 1. The van der Waals surface area contributed by atoms with Crippen LogP contribution < -0.4 is 9.64 Å². The Bertz CT molecular complexity index is 1250. The van der Waals surface area contributed by atoms with E-state index in [1.807, 2.05) is 77.7 Å². The molecule has 0 N–H and O–H groups in total. The van der Waals surface area contributed by atoms with Gasteiger partial charge in [0, 0.05) is 36.1 Å². The number of imidazole rings is 1. The normalized spacial score (nSPS) is 16.0. The van der Waals surface area contributed by atoms with Crippen LogP contribution in [0.4, 0.5) is 5.69 Å². The van der Waals surface area contributed by atoms with Gasteiger partial charge in [-0.05, 0) is 55.3 Å². The number of carbonyl (C=O) groups is 1. The fourth-order valence-electron chi connectivity index (χ4n) is 4.49. The molecule has 0 aliphatic carbocycles. The van der Waals surface area contributed by atoms with Gasteiger partial charge in [-0.2, -0.15) is 0 Å². The number of hydrogen-bond acceptors (Lipinski definition) is 3. The van der Waals surface area contributed by atoms with Crippen LogP contribution in [0.3, 0.4) is 0 Å². The minimum atomic E-state index is 0.0458. The van der Waals surface area contributed by atoms with Crippen molar-refractivity contribution in [2.24, 2.45) is 0 Å². The minimum absolute atomic E-state index is 0.0458. The number of para-hydroxylation sites is 3. The average molecular weight is 460 g/mol. The standard InChI is InChI=1S/C27H26ClN3O2/c28-21-9-8-10-22(18-21)31-19-20(17-26(31)32)27-29-24-13-4-5-14-25(24)30(27)15-6-7-16-33-23-11-2-1-3-12-23/h1-5,8-14,18,20H,6-7,15-17,19H2/t20-/m1/s1. The van der Waals surface area contributed by atoms with Crippen LogP contribution >= 0.6 is 11.6 Å². The Labute approximate surface area is 198 Å². The second kappa shape index (κ2) is 9.67. The molecule has 0 bridgehead atoms. The summed E-state index contributed by atoms with van der Waals surface area (Å²) in [7, 11) is 0. The average Bonchev–Trinajstić information content (AvgIpc) is 3.40. The molecule has 1 aliphatic rings. The zero-order valence-electron chi connectivity index (χ0n) is 18.4. The predicted octanol–water partition coefficient (Wildman–Crippen LogP) is 6.07. The molecule has 1 aliphatic heterocycles. The van der Waals surface area contributed by atoms with Crippen molar-refractivity contribution in [3.8, 4) is 5.75 Å². The highest BCUT2D eigenvalue weighted by Crippen LogP contribution is 2.34. The molecule has 1 amide bonds. The first kappa shape index (κ1) is 21.5. The van der Waals surface area contributed by atoms with Crippen LogP contribution in [-0.4, -0.2) is 28.6 Å². The molecule has 1 aromatic heterocycles. The number of fused-ring (bicyclic) bond motifs is 1. The molecule has 0 radical (unpaired) electrons. The van der Waals surface area contributed by atoms with Gasteiger partial charge in [-0.1, -0.05) is 48.0 Å². The van der Waals surface area contributed by atoms with Gasteiger partial charge >= 0.3 is 0 Å². The molecule has 6 heteroatoms. The second-order valence-corrected chi connectivity index (χ2v) is 8.80. The maximum absolute atomic E-state index is 12.9. The van der Waals surface area contributed by atoms with Gasteiger partial charge in [-0.15, -0.1) is 0 Å². The van der Waals surface area contributed by atoms with Crippen molar-refractivity contribution < 1.29 is 9.53 Å². The Hall–Kier alpha value is -3.31. The van der Waals surface area contributed by atoms with E-state index in [0.29, 0.717) is 24.6 Å². The highest BCUT2D eigenvalue weighted by Gasteiger charge is 2.34. The Balaban J connectivity index is 1.31. The van der Waals surface area contributed by atoms with Crippen LogP contribution in [0.5, 0.6) is 5.75 Å². The fraction of sp³-hybridized carbons (Fsp3) is 0.259. The van der Waals surface area contributed by atoms with Gasteiger partial charge in [0.25, 0.3) is 0 Å². The van der Waals surface area contributed by atoms with Crippen molar-refractivity contribution in [3.63, 3.8) is 0 Å². The van der Waals surface area contributed by atoms with Gasteiger partial charge in [0.1, 0.15) is 11.6 Å². The summed E-state index contributed by atoms with van der Waals surface area (Å²) in [5.41, 5.74) is 2.93. The Kier molecular flexibility index (Phi) is 6.31. The van der Waals surface area contributed by atoms with Crippen LogP contribution in [0, 0.1) is 0 Å². The molecular formula is C27H26ClN3O2. The van der Waals surface area contributed by atoms with E-state index in [1.165, 1.54) is 0 Å². The van der Waals surface area contributed by atoms with E-state index in [-0.39, 0.29) is 11.8 Å². The second-order valence-electron chi connectivity index (χ2n) is 8.36. The maximum Gasteiger partial charge on any atom is 0.227 e. The monoisotopic (exact) mass is 459 g/mol. The van der Waals surface area contributed by atoms with Gasteiger partial charge < -0.3 is 14.2 Å². The third-order valence-electron chi connectivity index (χ3n) is 6.08. The van der Waals surface area contributed by atoms with Crippen LogP contribution in [0.15, 0.2) is 78.9 Å². The Morgan fingerprint density at radius 2 is 1.79 bits per heavy atom. The molecule has 0 spiro atoms. The number of benzene rings is 3. The summed E-state index contributed by atoms with van der Waals surface area (Å²) in [6, 6.07) is 25.6. The number of amides is 1. The molecule has 5 rings (SSSR count). The number of rotatable bonds is 8. The molecule has 1 atom stereocenters. The van der Waals surface area contributed by atoms with Gasteiger partial charge in [-0.25, -0.2) is 4.98 Å². The smallest absolute Gasteiger partial charge is 0.227 e. The first-order chi connectivity index (χ1) is 16.2. The summed E-state index contributed by atoms with van der Waals surface area (Å²) in [6.07, 6.45) is 2.37. The molecule has 1 fully saturated rings. The zero-order chi connectivity index (χ0) is 22.6. The van der Waals surface area contributed by atoms with Gasteiger partial charge in [0.05, 0.1) is 17.6 Å². The third kappa shape index (κ3) is 4.74. The van der Waals surface area contributed by atoms with Crippen LogP contribution in [0.1, 0.15) is 31.0 Å². The first-order valence-electron chi connectivity index (χ1n) is 11.4. The number of carbonyl (C=O) groups excluding carboxylic acids is 1. The van der Waals surface area contributed by atoms with Crippen LogP contribution in [0.2, 0.25) is 5.02 Å². The lowest BCUT2D eigenvalue weighted by Crippen LogP contribution is -2.24. The summed E-state index contributed by atoms with van der Waals surface area (Å²) < 4.78 is 8.13. The summed E-state index contributed by atoms with van der Waals surface area (Å²) in [6.45, 7) is 2.13. The first-order valence-corrected chi connectivity index (χ1v) is 11.8. The maximum atomic E-state index is 12.9. The van der Waals surface area contributed by atoms with Crippen molar-refractivity contribution in [1.82, 2.24) is 9.55 Å². The number of aromatic nitrogens is 2. The quantitative estimate of drug-likeness (QED) is 0.300. The summed E-state index contributed by atoms with van der Waals surface area (Å²) in [5, 5.41) is 0.633. The van der Waals surface area contributed by atoms with Gasteiger partial charge in [-0.3, -0.25) is 4.79 Å². The lowest BCUT2D eigenvalue weighted by Gasteiger charge is -2.18. The van der Waals surface area contributed by atoms with Crippen LogP contribution in [-0.2, 0) is 11.3 Å². The topological polar surface area (TPSA) is 47.4 Å². The fourth-order valence-corrected chi connectivity index (χ4v) is 4.68. The van der Waals surface area contributed by atoms with Crippen molar-refractivity contribution >= 4 is 34.2 Å². The van der Waals surface area contributed by atoms with E-state index in [0.717, 1.165) is 47.7 Å². The Morgan fingerprint density at radius 1 is 0.970 bits per heavy atom. The number of nitrogens with zero attached hydrogens (tertiary/aromatic N) is 3. The number of unbranched alkanes of at least 4 members (excludes halogenated alkanes) is 1. The Morgan fingerprint density at radius 3 is 2.64 bits per heavy atom. The van der Waals surface area contributed by atoms with Crippen LogP contribution in [0.25, 0.3) is 11.0 Å².